The van der Waals surface area contributed by atoms with E-state index in [4.69, 9.17) is 22.1 Å². The first-order valence-corrected chi connectivity index (χ1v) is 11.2. The van der Waals surface area contributed by atoms with E-state index in [0.717, 1.165) is 16.0 Å². The Labute approximate surface area is 200 Å². The van der Waals surface area contributed by atoms with Gasteiger partial charge >= 0.3 is 0 Å². The van der Waals surface area contributed by atoms with Crippen LogP contribution in [-0.2, 0) is 31.3 Å². The maximum atomic E-state index is 13.8. The highest BCUT2D eigenvalue weighted by molar-refractivity contribution is 6.31. The number of nitrogens with one attached hydrogen (secondary N) is 2. The number of likely N-dealkylation sites (tertiary alicyclic amines) is 1. The van der Waals surface area contributed by atoms with Gasteiger partial charge in [0.05, 0.1) is 25.5 Å². The number of aryl methyl sites for hydroxylation is 1. The number of amides is 4. The summed E-state index contributed by atoms with van der Waals surface area (Å²) in [6.45, 7) is 1.84. The fourth-order valence-electron chi connectivity index (χ4n) is 5.55. The monoisotopic (exact) mass is 482 g/mol. The van der Waals surface area contributed by atoms with Crippen LogP contribution in [0.15, 0.2) is 36.4 Å². The van der Waals surface area contributed by atoms with Crippen molar-refractivity contribution >= 4 is 40.9 Å². The summed E-state index contributed by atoms with van der Waals surface area (Å²) in [6.07, 6.45) is -0.194. The number of carbonyl (C=O) groups is 4. The predicted molar refractivity (Wildman–Crippen MR) is 123 cm³/mol. The quantitative estimate of drug-likeness (QED) is 0.553. The van der Waals surface area contributed by atoms with Crippen molar-refractivity contribution < 1.29 is 23.9 Å². The number of halogens is 1. The van der Waals surface area contributed by atoms with Crippen LogP contribution in [0, 0.1) is 18.8 Å². The fraction of sp³-hybridized carbons (Fsp3) is 0.333. The summed E-state index contributed by atoms with van der Waals surface area (Å²) in [5, 5.41) is 6.42. The zero-order chi connectivity index (χ0) is 24.4. The molecule has 4 amide bonds. The first-order valence-electron chi connectivity index (χ1n) is 10.8. The first-order chi connectivity index (χ1) is 16.2. The highest BCUT2D eigenvalue weighted by Crippen LogP contribution is 2.54. The van der Waals surface area contributed by atoms with E-state index >= 15 is 0 Å². The van der Waals surface area contributed by atoms with Crippen molar-refractivity contribution in [2.24, 2.45) is 17.6 Å². The molecule has 0 unspecified atom stereocenters. The zero-order valence-electron chi connectivity index (χ0n) is 18.6. The molecule has 2 fully saturated rings. The number of primary amides is 1. The number of methoxy groups -OCH3 is 1. The van der Waals surface area contributed by atoms with Crippen molar-refractivity contribution in [2.45, 2.75) is 31.5 Å². The summed E-state index contributed by atoms with van der Waals surface area (Å²) in [5.41, 5.74) is 6.44. The smallest absolute Gasteiger partial charge is 0.250 e. The number of nitrogens with two attached hydrogens (primary N) is 1. The van der Waals surface area contributed by atoms with Crippen LogP contribution in [0.1, 0.15) is 23.1 Å². The SMILES string of the molecule is COc1ccc(CN2C(=O)[C@H]3[C@@H](C2=O)[C@@]2(N[C@@H]3CC(N)=O)C(=O)Nc3c(C)cc(Cl)cc32)cc1. The van der Waals surface area contributed by atoms with Gasteiger partial charge in [-0.15, -0.1) is 0 Å². The van der Waals surface area contributed by atoms with E-state index in [1.807, 2.05) is 0 Å². The number of imide groups is 1. The van der Waals surface area contributed by atoms with Crippen molar-refractivity contribution in [2.75, 3.05) is 12.4 Å². The van der Waals surface area contributed by atoms with Crippen LogP contribution in [0.2, 0.25) is 5.02 Å². The molecule has 2 aromatic carbocycles. The maximum Gasteiger partial charge on any atom is 0.250 e. The van der Waals surface area contributed by atoms with Gasteiger partial charge < -0.3 is 15.8 Å². The summed E-state index contributed by atoms with van der Waals surface area (Å²) < 4.78 is 5.17. The Kier molecular flexibility index (Phi) is 5.14. The first kappa shape index (κ1) is 22.4. The molecule has 0 aliphatic carbocycles. The topological polar surface area (TPSA) is 131 Å². The molecule has 3 aliphatic heterocycles. The zero-order valence-corrected chi connectivity index (χ0v) is 19.3. The Morgan fingerprint density at radius 1 is 1.18 bits per heavy atom. The maximum absolute atomic E-state index is 13.8. The van der Waals surface area contributed by atoms with Crippen molar-refractivity contribution in [3.8, 4) is 5.75 Å². The second kappa shape index (κ2) is 7.82. The van der Waals surface area contributed by atoms with Crippen molar-refractivity contribution in [1.82, 2.24) is 10.2 Å². The van der Waals surface area contributed by atoms with Crippen molar-refractivity contribution in [1.29, 1.82) is 0 Å². The molecule has 0 saturated carbocycles. The molecule has 10 heteroatoms. The van der Waals surface area contributed by atoms with Crippen LogP contribution >= 0.6 is 11.6 Å². The van der Waals surface area contributed by atoms with Crippen molar-refractivity contribution in [3.05, 3.63) is 58.1 Å². The molecule has 0 radical (unpaired) electrons. The van der Waals surface area contributed by atoms with Gasteiger partial charge in [0.2, 0.25) is 23.6 Å². The number of fused-ring (bicyclic) bond motifs is 4. The average molecular weight is 483 g/mol. The number of ether oxygens (including phenoxy) is 1. The van der Waals surface area contributed by atoms with Crippen molar-refractivity contribution in [3.63, 3.8) is 0 Å². The van der Waals surface area contributed by atoms with E-state index in [1.54, 1.807) is 50.4 Å². The molecule has 0 aromatic heterocycles. The van der Waals surface area contributed by atoms with E-state index in [-0.39, 0.29) is 13.0 Å². The van der Waals surface area contributed by atoms with E-state index in [0.29, 0.717) is 22.0 Å². The molecule has 2 aromatic rings. The summed E-state index contributed by atoms with van der Waals surface area (Å²) >= 11 is 6.31. The average Bonchev–Trinajstić information content (AvgIpc) is 3.35. The van der Waals surface area contributed by atoms with Gasteiger partial charge in [0.1, 0.15) is 11.3 Å². The van der Waals surface area contributed by atoms with E-state index in [1.165, 1.54) is 0 Å². The summed E-state index contributed by atoms with van der Waals surface area (Å²) in [7, 11) is 1.55. The molecule has 9 nitrogen and oxygen atoms in total. The molecule has 3 aliphatic rings. The third kappa shape index (κ3) is 3.11. The minimum absolute atomic E-state index is 0.0388. The summed E-state index contributed by atoms with van der Waals surface area (Å²) in [4.78, 5) is 53.8. The highest BCUT2D eigenvalue weighted by atomic mass is 35.5. The number of hydrogen-bond donors (Lipinski definition) is 3. The number of hydrogen-bond acceptors (Lipinski definition) is 6. The van der Waals surface area contributed by atoms with Gasteiger partial charge in [0.25, 0.3) is 0 Å². The van der Waals surface area contributed by atoms with E-state index in [9.17, 15) is 19.2 Å². The van der Waals surface area contributed by atoms with E-state index in [2.05, 4.69) is 10.6 Å². The van der Waals surface area contributed by atoms with Crippen LogP contribution in [0.25, 0.3) is 0 Å². The van der Waals surface area contributed by atoms with Gasteiger partial charge in [-0.25, -0.2) is 0 Å². The van der Waals surface area contributed by atoms with Crippen LogP contribution in [0.3, 0.4) is 0 Å². The van der Waals surface area contributed by atoms with Crippen LogP contribution < -0.4 is 21.1 Å². The highest BCUT2D eigenvalue weighted by Gasteiger charge is 2.70. The molecule has 3 heterocycles. The molecular weight excluding hydrogens is 460 g/mol. The molecule has 34 heavy (non-hydrogen) atoms. The number of carbonyl (C=O) groups excluding carboxylic acids is 4. The van der Waals surface area contributed by atoms with Gasteiger partial charge in [-0.2, -0.15) is 0 Å². The van der Waals surface area contributed by atoms with Crippen LogP contribution in [0.5, 0.6) is 5.75 Å². The van der Waals surface area contributed by atoms with E-state index < -0.39 is 47.0 Å². The minimum Gasteiger partial charge on any atom is -0.497 e. The number of nitrogens with zero attached hydrogens (tertiary/aromatic N) is 1. The fourth-order valence-corrected chi connectivity index (χ4v) is 5.83. The normalized spacial score (nSPS) is 27.2. The van der Waals surface area contributed by atoms with Crippen LogP contribution in [-0.4, -0.2) is 41.7 Å². The standard InChI is InChI=1S/C24H23ClN4O5/c1-11-7-13(25)8-15-20(11)27-23(33)24(15)19-18(16(28-24)9-17(26)30)21(31)29(22(19)32)10-12-3-5-14(34-2)6-4-12/h3-8,16,18-19,28H,9-10H2,1-2H3,(H2,26,30)(H,27,33)/t16-,18-,19+,24-/m1/s1. The Hall–Kier alpha value is -3.43. The lowest BCUT2D eigenvalue weighted by Gasteiger charge is -2.29. The lowest BCUT2D eigenvalue weighted by Crippen LogP contribution is -2.53. The van der Waals surface area contributed by atoms with Gasteiger partial charge in [-0.1, -0.05) is 23.7 Å². The number of benzene rings is 2. The second-order valence-corrected chi connectivity index (χ2v) is 9.38. The lowest BCUT2D eigenvalue weighted by atomic mass is 9.76. The van der Waals surface area contributed by atoms with Gasteiger partial charge in [0, 0.05) is 28.7 Å². The molecule has 4 N–H and O–H groups in total. The Morgan fingerprint density at radius 2 is 1.88 bits per heavy atom. The predicted octanol–water partition coefficient (Wildman–Crippen LogP) is 1.45. The molecular formula is C24H23ClN4O5. The largest absolute Gasteiger partial charge is 0.497 e. The Balaban J connectivity index is 1.59. The van der Waals surface area contributed by atoms with Gasteiger partial charge in [0.15, 0.2) is 0 Å². The molecule has 5 rings (SSSR count). The third-order valence-corrected chi connectivity index (χ3v) is 7.22. The minimum atomic E-state index is -1.53. The van der Waals surface area contributed by atoms with Gasteiger partial charge in [-0.3, -0.25) is 29.4 Å². The van der Waals surface area contributed by atoms with Gasteiger partial charge in [-0.05, 0) is 42.3 Å². The molecule has 0 bridgehead atoms. The molecule has 4 atom stereocenters. The number of anilines is 1. The van der Waals surface area contributed by atoms with Crippen LogP contribution in [0.4, 0.5) is 5.69 Å². The summed E-state index contributed by atoms with van der Waals surface area (Å²) in [6, 6.07) is 9.58. The Morgan fingerprint density at radius 3 is 2.53 bits per heavy atom. The molecule has 2 saturated heterocycles. The third-order valence-electron chi connectivity index (χ3n) is 7.00. The molecule has 176 valence electrons. The second-order valence-electron chi connectivity index (χ2n) is 8.94. The number of rotatable bonds is 5. The lowest BCUT2D eigenvalue weighted by molar-refractivity contribution is -0.143. The molecule has 1 spiro atoms. The summed E-state index contributed by atoms with van der Waals surface area (Å²) in [5.74, 6) is -3.33. The Bertz CT molecular complexity index is 1250.